The van der Waals surface area contributed by atoms with Gasteiger partial charge in [0.15, 0.2) is 0 Å². The first-order valence-corrected chi connectivity index (χ1v) is 10.9. The maximum atomic E-state index is 12.1. The normalized spacial score (nSPS) is 16.8. The molecule has 0 spiro atoms. The van der Waals surface area contributed by atoms with Gasteiger partial charge in [-0.05, 0) is 63.9 Å². The quantitative estimate of drug-likeness (QED) is 0.699. The van der Waals surface area contributed by atoms with Crippen molar-refractivity contribution in [2.45, 2.75) is 31.9 Å². The van der Waals surface area contributed by atoms with E-state index < -0.39 is 15.3 Å². The van der Waals surface area contributed by atoms with Gasteiger partial charge < -0.3 is 10.2 Å². The number of carbonyl (C=O) groups excluding carboxylic acids is 1. The summed E-state index contributed by atoms with van der Waals surface area (Å²) in [7, 11) is -3.19. The van der Waals surface area contributed by atoms with Gasteiger partial charge in [0, 0.05) is 30.2 Å². The van der Waals surface area contributed by atoms with E-state index >= 15 is 0 Å². The summed E-state index contributed by atoms with van der Waals surface area (Å²) in [5, 5.41) is 3.13. The Kier molecular flexibility index (Phi) is 7.88. The Bertz CT molecular complexity index is 701. The molecule has 8 heteroatoms. The maximum Gasteiger partial charge on any atom is 0.251 e. The van der Waals surface area contributed by atoms with Crippen molar-refractivity contribution in [2.24, 2.45) is 5.92 Å². The van der Waals surface area contributed by atoms with Crippen LogP contribution < -0.4 is 10.0 Å². The smallest absolute Gasteiger partial charge is 0.251 e. The van der Waals surface area contributed by atoms with Crippen molar-refractivity contribution in [1.29, 1.82) is 0 Å². The minimum atomic E-state index is -3.19. The highest BCUT2D eigenvalue weighted by atomic mass is 35.5. The van der Waals surface area contributed by atoms with Crippen LogP contribution in [0.15, 0.2) is 24.3 Å². The zero-order valence-corrected chi connectivity index (χ0v) is 16.9. The monoisotopic (exact) mass is 401 g/mol. The number of amides is 1. The second-order valence-electron chi connectivity index (χ2n) is 6.99. The minimum Gasteiger partial charge on any atom is -0.352 e. The van der Waals surface area contributed by atoms with Crippen LogP contribution in [0, 0.1) is 5.92 Å². The molecular weight excluding hydrogens is 374 g/mol. The summed E-state index contributed by atoms with van der Waals surface area (Å²) < 4.78 is 26.1. The predicted molar refractivity (Wildman–Crippen MR) is 105 cm³/mol. The van der Waals surface area contributed by atoms with E-state index in [2.05, 4.69) is 14.9 Å². The van der Waals surface area contributed by atoms with E-state index in [-0.39, 0.29) is 5.91 Å². The van der Waals surface area contributed by atoms with E-state index in [1.54, 1.807) is 38.1 Å². The van der Waals surface area contributed by atoms with Gasteiger partial charge in [-0.25, -0.2) is 13.1 Å². The van der Waals surface area contributed by atoms with E-state index in [9.17, 15) is 13.2 Å². The summed E-state index contributed by atoms with van der Waals surface area (Å²) in [6.45, 7) is 6.99. The van der Waals surface area contributed by atoms with Crippen molar-refractivity contribution in [3.8, 4) is 0 Å². The lowest BCUT2D eigenvalue weighted by molar-refractivity contribution is 0.0936. The Labute approximate surface area is 161 Å². The Morgan fingerprint density at radius 1 is 1.31 bits per heavy atom. The SMILES string of the molecule is CC(C)S(=O)(=O)NCCN1CCC(CNC(=O)c2cccc(Cl)c2)CC1. The highest BCUT2D eigenvalue weighted by Gasteiger charge is 2.21. The van der Waals surface area contributed by atoms with Crippen molar-refractivity contribution in [3.05, 3.63) is 34.9 Å². The molecule has 1 heterocycles. The molecule has 0 radical (unpaired) electrons. The predicted octanol–water partition coefficient (Wildman–Crippen LogP) is 2.11. The highest BCUT2D eigenvalue weighted by Crippen LogP contribution is 2.16. The number of piperidine rings is 1. The summed E-state index contributed by atoms with van der Waals surface area (Å²) in [4.78, 5) is 14.4. The third-order valence-corrected chi connectivity index (χ3v) is 6.78. The molecule has 1 aliphatic rings. The van der Waals surface area contributed by atoms with Gasteiger partial charge in [0.05, 0.1) is 5.25 Å². The zero-order valence-electron chi connectivity index (χ0n) is 15.4. The lowest BCUT2D eigenvalue weighted by atomic mass is 9.96. The Hall–Kier alpha value is -1.15. The van der Waals surface area contributed by atoms with Crippen molar-refractivity contribution in [2.75, 3.05) is 32.7 Å². The summed E-state index contributed by atoms with van der Waals surface area (Å²) in [5.74, 6) is 0.347. The van der Waals surface area contributed by atoms with Crippen LogP contribution in [0.4, 0.5) is 0 Å². The van der Waals surface area contributed by atoms with Crippen molar-refractivity contribution in [1.82, 2.24) is 14.9 Å². The standard InChI is InChI=1S/C18H28ClN3O3S/c1-14(2)26(24,25)21-8-11-22-9-6-15(7-10-22)13-20-18(23)16-4-3-5-17(19)12-16/h3-5,12,14-15,21H,6-11,13H2,1-2H3,(H,20,23). The summed E-state index contributed by atoms with van der Waals surface area (Å²) >= 11 is 5.91. The van der Waals surface area contributed by atoms with E-state index in [4.69, 9.17) is 11.6 Å². The minimum absolute atomic E-state index is 0.0991. The molecule has 1 aromatic carbocycles. The van der Waals surface area contributed by atoms with Crippen molar-refractivity contribution in [3.63, 3.8) is 0 Å². The number of halogens is 1. The van der Waals surface area contributed by atoms with Crippen molar-refractivity contribution < 1.29 is 13.2 Å². The number of rotatable bonds is 8. The number of nitrogens with zero attached hydrogens (tertiary/aromatic N) is 1. The zero-order chi connectivity index (χ0) is 19.2. The molecule has 1 aromatic rings. The van der Waals surface area contributed by atoms with Gasteiger partial charge >= 0.3 is 0 Å². The Balaban J connectivity index is 1.66. The van der Waals surface area contributed by atoms with Gasteiger partial charge in [0.2, 0.25) is 10.0 Å². The third-order valence-electron chi connectivity index (χ3n) is 4.70. The molecule has 2 rings (SSSR count). The third kappa shape index (κ3) is 6.54. The van der Waals surface area contributed by atoms with E-state index in [0.717, 1.165) is 25.9 Å². The molecule has 146 valence electrons. The molecule has 0 saturated carbocycles. The number of likely N-dealkylation sites (tertiary alicyclic amines) is 1. The molecule has 0 bridgehead atoms. The number of carbonyl (C=O) groups is 1. The Morgan fingerprint density at radius 3 is 2.62 bits per heavy atom. The second-order valence-corrected chi connectivity index (χ2v) is 9.75. The number of sulfonamides is 1. The van der Waals surface area contributed by atoms with E-state index in [0.29, 0.717) is 36.1 Å². The topological polar surface area (TPSA) is 78.5 Å². The van der Waals surface area contributed by atoms with Crippen LogP contribution in [-0.4, -0.2) is 57.2 Å². The van der Waals surface area contributed by atoms with Gasteiger partial charge in [-0.2, -0.15) is 0 Å². The van der Waals surface area contributed by atoms with Crippen LogP contribution >= 0.6 is 11.6 Å². The van der Waals surface area contributed by atoms with Crippen LogP contribution in [0.1, 0.15) is 37.0 Å². The maximum absolute atomic E-state index is 12.1. The fraction of sp³-hybridized carbons (Fsp3) is 0.611. The van der Waals surface area contributed by atoms with Crippen LogP contribution in [0.3, 0.4) is 0 Å². The largest absolute Gasteiger partial charge is 0.352 e. The molecule has 6 nitrogen and oxygen atoms in total. The molecular formula is C18H28ClN3O3S. The first-order valence-electron chi connectivity index (χ1n) is 9.02. The van der Waals surface area contributed by atoms with Gasteiger partial charge in [-0.15, -0.1) is 0 Å². The molecule has 26 heavy (non-hydrogen) atoms. The molecule has 1 aliphatic heterocycles. The molecule has 0 aromatic heterocycles. The molecule has 1 fully saturated rings. The summed E-state index contributed by atoms with van der Waals surface area (Å²) in [5.41, 5.74) is 0.576. The number of hydrogen-bond acceptors (Lipinski definition) is 4. The first kappa shape index (κ1) is 21.2. The van der Waals surface area contributed by atoms with Crippen LogP contribution in [-0.2, 0) is 10.0 Å². The lowest BCUT2D eigenvalue weighted by Crippen LogP contribution is -2.42. The van der Waals surface area contributed by atoms with Crippen LogP contribution in [0.5, 0.6) is 0 Å². The average Bonchev–Trinajstić information content (AvgIpc) is 2.60. The van der Waals surface area contributed by atoms with E-state index in [1.165, 1.54) is 0 Å². The average molecular weight is 402 g/mol. The van der Waals surface area contributed by atoms with Gasteiger partial charge in [-0.3, -0.25) is 4.79 Å². The molecule has 0 aliphatic carbocycles. The highest BCUT2D eigenvalue weighted by molar-refractivity contribution is 7.90. The first-order chi connectivity index (χ1) is 12.3. The second kappa shape index (κ2) is 9.69. The fourth-order valence-electron chi connectivity index (χ4n) is 2.90. The van der Waals surface area contributed by atoms with Crippen molar-refractivity contribution >= 4 is 27.5 Å². The molecule has 1 amide bonds. The summed E-state index contributed by atoms with van der Waals surface area (Å²) in [6, 6.07) is 6.93. The number of benzene rings is 1. The van der Waals surface area contributed by atoms with Crippen LogP contribution in [0.2, 0.25) is 5.02 Å². The van der Waals surface area contributed by atoms with Gasteiger partial charge in [0.1, 0.15) is 0 Å². The molecule has 0 unspecified atom stereocenters. The Morgan fingerprint density at radius 2 is 2.00 bits per heavy atom. The van der Waals surface area contributed by atoms with Gasteiger partial charge in [0.25, 0.3) is 5.91 Å². The number of nitrogens with one attached hydrogen (secondary N) is 2. The lowest BCUT2D eigenvalue weighted by Gasteiger charge is -2.32. The molecule has 2 N–H and O–H groups in total. The summed E-state index contributed by atoms with van der Waals surface area (Å²) in [6.07, 6.45) is 1.99. The van der Waals surface area contributed by atoms with E-state index in [1.807, 2.05) is 0 Å². The molecule has 1 saturated heterocycles. The van der Waals surface area contributed by atoms with Gasteiger partial charge in [-0.1, -0.05) is 17.7 Å². The van der Waals surface area contributed by atoms with Crippen LogP contribution in [0.25, 0.3) is 0 Å². The fourth-order valence-corrected chi connectivity index (χ4v) is 3.80. The molecule has 0 atom stereocenters. The number of hydrogen-bond donors (Lipinski definition) is 2.